The molecule has 3 heteroatoms. The molecule has 1 N–H and O–H groups in total. The van der Waals surface area contributed by atoms with Gasteiger partial charge in [-0.15, -0.1) is 0 Å². The molecule has 0 saturated heterocycles. The molecule has 0 aliphatic rings. The van der Waals surface area contributed by atoms with Crippen molar-refractivity contribution < 1.29 is 9.52 Å². The molecule has 0 aliphatic carbocycles. The van der Waals surface area contributed by atoms with Crippen molar-refractivity contribution >= 4 is 0 Å². The Morgan fingerprint density at radius 1 is 1.00 bits per heavy atom. The fraction of sp³-hybridized carbons (Fsp3) is 0.286. The third-order valence-corrected chi connectivity index (χ3v) is 2.65. The minimum Gasteiger partial charge on any atom is -0.472 e. The lowest BCUT2D eigenvalue weighted by Gasteiger charge is -2.20. The lowest BCUT2D eigenvalue weighted by molar-refractivity contribution is 0.184. The first kappa shape index (κ1) is 11.9. The second-order valence-corrected chi connectivity index (χ2v) is 4.05. The predicted octanol–water partition coefficient (Wildman–Crippen LogP) is 2.27. The van der Waals surface area contributed by atoms with E-state index in [0.29, 0.717) is 6.54 Å². The summed E-state index contributed by atoms with van der Waals surface area (Å²) in [5.41, 5.74) is 2.39. The molecule has 2 aromatic rings. The molecular weight excluding hydrogens is 214 g/mol. The first-order valence-corrected chi connectivity index (χ1v) is 5.76. The standard InChI is InChI=1S/C14H17NO2/c16-8-7-15(11-14-6-9-17-12-14)10-13-4-2-1-3-5-13/h1-6,9,12,16H,7-8,10-11H2. The molecule has 3 nitrogen and oxygen atoms in total. The molecule has 0 amide bonds. The molecule has 0 unspecified atom stereocenters. The van der Waals surface area contributed by atoms with Crippen molar-refractivity contribution in [1.82, 2.24) is 4.90 Å². The number of hydrogen-bond acceptors (Lipinski definition) is 3. The Morgan fingerprint density at radius 2 is 1.76 bits per heavy atom. The van der Waals surface area contributed by atoms with E-state index < -0.39 is 0 Å². The average Bonchev–Trinajstić information content (AvgIpc) is 2.83. The normalized spacial score (nSPS) is 10.9. The first-order valence-electron chi connectivity index (χ1n) is 5.76. The van der Waals surface area contributed by atoms with Gasteiger partial charge in [-0.2, -0.15) is 0 Å². The third-order valence-electron chi connectivity index (χ3n) is 2.65. The Labute approximate surface area is 101 Å². The van der Waals surface area contributed by atoms with Crippen LogP contribution in [0.4, 0.5) is 0 Å². The number of rotatable bonds is 6. The summed E-state index contributed by atoms with van der Waals surface area (Å²) in [5.74, 6) is 0. The summed E-state index contributed by atoms with van der Waals surface area (Å²) < 4.78 is 5.05. The van der Waals surface area contributed by atoms with Crippen molar-refractivity contribution in [1.29, 1.82) is 0 Å². The van der Waals surface area contributed by atoms with Crippen molar-refractivity contribution in [3.8, 4) is 0 Å². The van der Waals surface area contributed by atoms with Crippen LogP contribution in [0, 0.1) is 0 Å². The van der Waals surface area contributed by atoms with Gasteiger partial charge in [0.2, 0.25) is 0 Å². The largest absolute Gasteiger partial charge is 0.472 e. The van der Waals surface area contributed by atoms with Crippen LogP contribution in [0.15, 0.2) is 53.3 Å². The van der Waals surface area contributed by atoms with Gasteiger partial charge in [-0.1, -0.05) is 30.3 Å². The Bertz CT molecular complexity index is 411. The van der Waals surface area contributed by atoms with E-state index >= 15 is 0 Å². The van der Waals surface area contributed by atoms with Crippen LogP contribution in [0.3, 0.4) is 0 Å². The monoisotopic (exact) mass is 231 g/mol. The first-order chi connectivity index (χ1) is 8.38. The molecule has 1 aromatic carbocycles. The summed E-state index contributed by atoms with van der Waals surface area (Å²) >= 11 is 0. The quantitative estimate of drug-likeness (QED) is 0.828. The second kappa shape index (κ2) is 6.23. The van der Waals surface area contributed by atoms with Gasteiger partial charge in [0, 0.05) is 25.2 Å². The maximum absolute atomic E-state index is 9.08. The molecule has 0 fully saturated rings. The lowest BCUT2D eigenvalue weighted by Crippen LogP contribution is -2.25. The number of aliphatic hydroxyl groups is 1. The summed E-state index contributed by atoms with van der Waals surface area (Å²) in [6.45, 7) is 2.48. The van der Waals surface area contributed by atoms with Crippen LogP contribution in [-0.4, -0.2) is 23.2 Å². The van der Waals surface area contributed by atoms with Crippen LogP contribution in [0.25, 0.3) is 0 Å². The maximum Gasteiger partial charge on any atom is 0.0947 e. The zero-order chi connectivity index (χ0) is 11.9. The zero-order valence-corrected chi connectivity index (χ0v) is 9.75. The van der Waals surface area contributed by atoms with Crippen LogP contribution in [0.2, 0.25) is 0 Å². The second-order valence-electron chi connectivity index (χ2n) is 4.05. The molecular formula is C14H17NO2. The summed E-state index contributed by atoms with van der Waals surface area (Å²) in [5, 5.41) is 9.08. The van der Waals surface area contributed by atoms with Crippen molar-refractivity contribution in [2.75, 3.05) is 13.2 Å². The van der Waals surface area contributed by atoms with Crippen LogP contribution in [-0.2, 0) is 13.1 Å². The number of aliphatic hydroxyl groups excluding tert-OH is 1. The number of benzene rings is 1. The SMILES string of the molecule is OCCN(Cc1ccccc1)Cc1ccoc1. The third kappa shape index (κ3) is 3.73. The lowest BCUT2D eigenvalue weighted by atomic mass is 10.2. The summed E-state index contributed by atoms with van der Waals surface area (Å²) in [6.07, 6.45) is 3.42. The highest BCUT2D eigenvalue weighted by Gasteiger charge is 2.07. The molecule has 17 heavy (non-hydrogen) atoms. The van der Waals surface area contributed by atoms with E-state index in [4.69, 9.17) is 9.52 Å². The van der Waals surface area contributed by atoms with Gasteiger partial charge >= 0.3 is 0 Å². The van der Waals surface area contributed by atoms with E-state index in [9.17, 15) is 0 Å². The molecule has 0 spiro atoms. The molecule has 0 radical (unpaired) electrons. The fourth-order valence-electron chi connectivity index (χ4n) is 1.84. The Morgan fingerprint density at radius 3 is 2.41 bits per heavy atom. The summed E-state index contributed by atoms with van der Waals surface area (Å²) in [6, 6.07) is 12.2. The van der Waals surface area contributed by atoms with E-state index in [-0.39, 0.29) is 6.61 Å². The smallest absolute Gasteiger partial charge is 0.0947 e. The maximum atomic E-state index is 9.08. The number of hydrogen-bond donors (Lipinski definition) is 1. The van der Waals surface area contributed by atoms with E-state index in [0.717, 1.165) is 18.7 Å². The van der Waals surface area contributed by atoms with Crippen LogP contribution in [0.1, 0.15) is 11.1 Å². The van der Waals surface area contributed by atoms with Gasteiger partial charge in [0.05, 0.1) is 19.1 Å². The van der Waals surface area contributed by atoms with Crippen LogP contribution < -0.4 is 0 Å². The average molecular weight is 231 g/mol. The number of nitrogens with zero attached hydrogens (tertiary/aromatic N) is 1. The summed E-state index contributed by atoms with van der Waals surface area (Å²) in [4.78, 5) is 2.19. The highest BCUT2D eigenvalue weighted by Crippen LogP contribution is 2.09. The van der Waals surface area contributed by atoms with E-state index in [1.54, 1.807) is 12.5 Å². The Kier molecular flexibility index (Phi) is 4.36. The fourth-order valence-corrected chi connectivity index (χ4v) is 1.84. The molecule has 2 rings (SSSR count). The van der Waals surface area contributed by atoms with Gasteiger partial charge in [0.25, 0.3) is 0 Å². The highest BCUT2D eigenvalue weighted by molar-refractivity contribution is 5.15. The molecule has 0 bridgehead atoms. The van der Waals surface area contributed by atoms with Gasteiger partial charge in [-0.3, -0.25) is 4.90 Å². The van der Waals surface area contributed by atoms with Crippen molar-refractivity contribution in [2.45, 2.75) is 13.1 Å². The highest BCUT2D eigenvalue weighted by atomic mass is 16.3. The Hall–Kier alpha value is -1.58. The minimum absolute atomic E-state index is 0.171. The summed E-state index contributed by atoms with van der Waals surface area (Å²) in [7, 11) is 0. The molecule has 1 aromatic heterocycles. The van der Waals surface area contributed by atoms with Crippen LogP contribution >= 0.6 is 0 Å². The van der Waals surface area contributed by atoms with Gasteiger partial charge in [0.15, 0.2) is 0 Å². The minimum atomic E-state index is 0.171. The Balaban J connectivity index is 1.97. The van der Waals surface area contributed by atoms with Gasteiger partial charge < -0.3 is 9.52 Å². The zero-order valence-electron chi connectivity index (χ0n) is 9.75. The molecule has 1 heterocycles. The molecule has 0 aliphatic heterocycles. The van der Waals surface area contributed by atoms with Crippen molar-refractivity contribution in [3.63, 3.8) is 0 Å². The van der Waals surface area contributed by atoms with Crippen LogP contribution in [0.5, 0.6) is 0 Å². The van der Waals surface area contributed by atoms with E-state index in [1.165, 1.54) is 5.56 Å². The molecule has 90 valence electrons. The van der Waals surface area contributed by atoms with Crippen molar-refractivity contribution in [2.24, 2.45) is 0 Å². The van der Waals surface area contributed by atoms with Crippen molar-refractivity contribution in [3.05, 3.63) is 60.1 Å². The van der Waals surface area contributed by atoms with Gasteiger partial charge in [-0.05, 0) is 11.6 Å². The van der Waals surface area contributed by atoms with Gasteiger partial charge in [-0.25, -0.2) is 0 Å². The van der Waals surface area contributed by atoms with Gasteiger partial charge in [0.1, 0.15) is 0 Å². The predicted molar refractivity (Wildman–Crippen MR) is 66.3 cm³/mol. The number of furan rings is 1. The molecule has 0 saturated carbocycles. The van der Waals surface area contributed by atoms with E-state index in [1.807, 2.05) is 24.3 Å². The topological polar surface area (TPSA) is 36.6 Å². The molecule has 0 atom stereocenters. The van der Waals surface area contributed by atoms with E-state index in [2.05, 4.69) is 17.0 Å².